The van der Waals surface area contributed by atoms with Gasteiger partial charge >= 0.3 is 0 Å². The van der Waals surface area contributed by atoms with E-state index in [1.165, 1.54) is 24.3 Å². The van der Waals surface area contributed by atoms with Crippen LogP contribution in [-0.2, 0) is 0 Å². The van der Waals surface area contributed by atoms with Gasteiger partial charge in [-0.05, 0) is 42.3 Å². The Morgan fingerprint density at radius 2 is 1.81 bits per heavy atom. The molecule has 0 nitrogen and oxygen atoms in total. The molecule has 0 fully saturated rings. The Morgan fingerprint density at radius 1 is 1.06 bits per heavy atom. The molecule has 0 spiro atoms. The summed E-state index contributed by atoms with van der Waals surface area (Å²) < 4.78 is 26.6. The minimum Gasteiger partial charge on any atom is -0.207 e. The van der Waals surface area contributed by atoms with Gasteiger partial charge in [-0.1, -0.05) is 23.7 Å². The molecule has 0 amide bonds. The van der Waals surface area contributed by atoms with Crippen LogP contribution in [0.2, 0.25) is 5.02 Å². The van der Waals surface area contributed by atoms with Crippen LogP contribution in [0, 0.1) is 18.6 Å². The van der Waals surface area contributed by atoms with Crippen molar-refractivity contribution in [3.8, 4) is 11.1 Å². The van der Waals surface area contributed by atoms with Gasteiger partial charge in [0.15, 0.2) is 0 Å². The summed E-state index contributed by atoms with van der Waals surface area (Å²) in [5.41, 5.74) is 1.60. The SMILES string of the molecule is Cc1cc(F)ccc1-c1c(F)cccc1Cl. The smallest absolute Gasteiger partial charge is 0.132 e. The monoisotopic (exact) mass is 238 g/mol. The number of rotatable bonds is 1. The normalized spacial score (nSPS) is 10.5. The minimum atomic E-state index is -0.401. The van der Waals surface area contributed by atoms with Crippen LogP contribution in [0.1, 0.15) is 5.56 Å². The highest BCUT2D eigenvalue weighted by Gasteiger charge is 2.11. The zero-order valence-corrected chi connectivity index (χ0v) is 9.35. The van der Waals surface area contributed by atoms with E-state index in [0.717, 1.165) is 0 Å². The lowest BCUT2D eigenvalue weighted by Gasteiger charge is -2.09. The summed E-state index contributed by atoms with van der Waals surface area (Å²) in [5, 5.41) is 0.328. The summed E-state index contributed by atoms with van der Waals surface area (Å²) >= 11 is 5.94. The summed E-state index contributed by atoms with van der Waals surface area (Å²) in [6.07, 6.45) is 0. The first kappa shape index (κ1) is 11.1. The Bertz CT molecular complexity index is 515. The van der Waals surface area contributed by atoms with Crippen LogP contribution in [0.5, 0.6) is 0 Å². The third-order valence-corrected chi connectivity index (χ3v) is 2.74. The minimum absolute atomic E-state index is 0.321. The van der Waals surface area contributed by atoms with E-state index >= 15 is 0 Å². The van der Waals surface area contributed by atoms with Gasteiger partial charge in [0, 0.05) is 5.56 Å². The maximum Gasteiger partial charge on any atom is 0.132 e. The summed E-state index contributed by atoms with van der Waals surface area (Å²) in [4.78, 5) is 0. The Hall–Kier alpha value is -1.41. The van der Waals surface area contributed by atoms with E-state index in [2.05, 4.69) is 0 Å². The van der Waals surface area contributed by atoms with E-state index < -0.39 is 5.82 Å². The van der Waals surface area contributed by atoms with Crippen LogP contribution < -0.4 is 0 Å². The van der Waals surface area contributed by atoms with E-state index in [9.17, 15) is 8.78 Å². The van der Waals surface area contributed by atoms with Crippen molar-refractivity contribution in [2.45, 2.75) is 6.92 Å². The molecule has 2 aromatic rings. The number of halogens is 3. The van der Waals surface area contributed by atoms with Crippen LogP contribution in [0.3, 0.4) is 0 Å². The molecule has 0 bridgehead atoms. The number of benzene rings is 2. The Balaban J connectivity index is 2.68. The van der Waals surface area contributed by atoms with E-state index in [4.69, 9.17) is 11.6 Å². The summed E-state index contributed by atoms with van der Waals surface area (Å²) in [7, 11) is 0. The second-order valence-electron chi connectivity index (χ2n) is 3.56. The lowest BCUT2D eigenvalue weighted by molar-refractivity contribution is 0.624. The molecule has 2 rings (SSSR count). The maximum absolute atomic E-state index is 13.6. The van der Waals surface area contributed by atoms with Gasteiger partial charge in [0.05, 0.1) is 5.02 Å². The van der Waals surface area contributed by atoms with Gasteiger partial charge in [0.2, 0.25) is 0 Å². The molecule has 0 aromatic heterocycles. The number of hydrogen-bond donors (Lipinski definition) is 0. The second kappa shape index (κ2) is 4.22. The van der Waals surface area contributed by atoms with Crippen molar-refractivity contribution in [3.63, 3.8) is 0 Å². The molecule has 0 heterocycles. The molecule has 82 valence electrons. The van der Waals surface area contributed by atoms with Crippen molar-refractivity contribution in [2.75, 3.05) is 0 Å². The van der Waals surface area contributed by atoms with Gasteiger partial charge in [-0.25, -0.2) is 8.78 Å². The maximum atomic E-state index is 13.6. The van der Waals surface area contributed by atoms with Crippen molar-refractivity contribution in [2.24, 2.45) is 0 Å². The fourth-order valence-corrected chi connectivity index (χ4v) is 1.93. The highest BCUT2D eigenvalue weighted by molar-refractivity contribution is 6.33. The van der Waals surface area contributed by atoms with Crippen LogP contribution >= 0.6 is 11.6 Å². The zero-order valence-electron chi connectivity index (χ0n) is 8.60. The molecule has 0 aliphatic rings. The fourth-order valence-electron chi connectivity index (χ4n) is 1.66. The second-order valence-corrected chi connectivity index (χ2v) is 3.96. The van der Waals surface area contributed by atoms with E-state index in [0.29, 0.717) is 21.7 Å². The van der Waals surface area contributed by atoms with E-state index in [1.54, 1.807) is 19.1 Å². The van der Waals surface area contributed by atoms with E-state index in [-0.39, 0.29) is 5.82 Å². The lowest BCUT2D eigenvalue weighted by Crippen LogP contribution is -1.90. The molecule has 0 atom stereocenters. The Morgan fingerprint density at radius 3 is 2.44 bits per heavy atom. The van der Waals surface area contributed by atoms with Crippen LogP contribution in [-0.4, -0.2) is 0 Å². The van der Waals surface area contributed by atoms with Gasteiger partial charge < -0.3 is 0 Å². The molecule has 3 heteroatoms. The third kappa shape index (κ3) is 1.93. The lowest BCUT2D eigenvalue weighted by atomic mass is 10.00. The average molecular weight is 239 g/mol. The standard InChI is InChI=1S/C13H9ClF2/c1-8-7-9(15)5-6-10(8)13-11(14)3-2-4-12(13)16/h2-7H,1H3. The predicted octanol–water partition coefficient (Wildman–Crippen LogP) is 4.59. The molecule has 0 aliphatic heterocycles. The van der Waals surface area contributed by atoms with Gasteiger partial charge in [-0.3, -0.25) is 0 Å². The molecular weight excluding hydrogens is 230 g/mol. The highest BCUT2D eigenvalue weighted by Crippen LogP contribution is 2.32. The highest BCUT2D eigenvalue weighted by atomic mass is 35.5. The molecule has 0 saturated heterocycles. The van der Waals surface area contributed by atoms with Crippen molar-refractivity contribution in [1.82, 2.24) is 0 Å². The quantitative estimate of drug-likeness (QED) is 0.682. The molecule has 2 aromatic carbocycles. The first-order valence-electron chi connectivity index (χ1n) is 4.80. The molecule has 0 radical (unpaired) electrons. The van der Waals surface area contributed by atoms with Crippen molar-refractivity contribution < 1.29 is 8.78 Å². The first-order valence-corrected chi connectivity index (χ1v) is 5.18. The summed E-state index contributed by atoms with van der Waals surface area (Å²) in [6.45, 7) is 1.72. The Kier molecular flexibility index (Phi) is 2.92. The Labute approximate surface area is 97.5 Å². The van der Waals surface area contributed by atoms with Crippen molar-refractivity contribution in [1.29, 1.82) is 0 Å². The van der Waals surface area contributed by atoms with E-state index in [1.807, 2.05) is 0 Å². The molecular formula is C13H9ClF2. The first-order chi connectivity index (χ1) is 7.59. The topological polar surface area (TPSA) is 0 Å². The number of hydrogen-bond acceptors (Lipinski definition) is 0. The predicted molar refractivity (Wildman–Crippen MR) is 61.5 cm³/mol. The fraction of sp³-hybridized carbons (Fsp3) is 0.0769. The molecule has 0 saturated carbocycles. The molecule has 0 aliphatic carbocycles. The molecule has 0 N–H and O–H groups in total. The summed E-state index contributed by atoms with van der Waals surface area (Å²) in [6, 6.07) is 8.69. The molecule has 16 heavy (non-hydrogen) atoms. The molecule has 0 unspecified atom stereocenters. The largest absolute Gasteiger partial charge is 0.207 e. The van der Waals surface area contributed by atoms with Crippen LogP contribution in [0.25, 0.3) is 11.1 Å². The van der Waals surface area contributed by atoms with Gasteiger partial charge in [-0.15, -0.1) is 0 Å². The number of aryl methyl sites for hydroxylation is 1. The van der Waals surface area contributed by atoms with Crippen LogP contribution in [0.4, 0.5) is 8.78 Å². The average Bonchev–Trinajstić information content (AvgIpc) is 2.20. The van der Waals surface area contributed by atoms with Gasteiger partial charge in [-0.2, -0.15) is 0 Å². The van der Waals surface area contributed by atoms with Crippen LogP contribution in [0.15, 0.2) is 36.4 Å². The van der Waals surface area contributed by atoms with Crippen molar-refractivity contribution >= 4 is 11.6 Å². The van der Waals surface area contributed by atoms with Gasteiger partial charge in [0.25, 0.3) is 0 Å². The summed E-state index contributed by atoms with van der Waals surface area (Å²) in [5.74, 6) is -0.740. The van der Waals surface area contributed by atoms with Gasteiger partial charge in [0.1, 0.15) is 11.6 Å². The third-order valence-electron chi connectivity index (χ3n) is 2.42. The van der Waals surface area contributed by atoms with Crippen molar-refractivity contribution in [3.05, 3.63) is 58.6 Å². The zero-order chi connectivity index (χ0) is 11.7.